The maximum Gasteiger partial charge on any atom is 0.268 e. The van der Waals surface area contributed by atoms with Crippen LogP contribution < -0.4 is 4.90 Å². The van der Waals surface area contributed by atoms with Gasteiger partial charge in [-0.1, -0.05) is 109 Å². The molecule has 58 heavy (non-hydrogen) atoms. The lowest BCUT2D eigenvalue weighted by molar-refractivity contribution is 0.0926. The molecule has 270 valence electrons. The molecule has 0 unspecified atom stereocenters. The van der Waals surface area contributed by atoms with E-state index in [9.17, 15) is 15.3 Å². The Morgan fingerprint density at radius 3 is 1.47 bits per heavy atom. The average molecular weight is 745 g/mol. The number of benzene rings is 6. The van der Waals surface area contributed by atoms with Crippen molar-refractivity contribution >= 4 is 39.3 Å². The summed E-state index contributed by atoms with van der Waals surface area (Å²) in [4.78, 5) is 40.1. The summed E-state index contributed by atoms with van der Waals surface area (Å²) in [7, 11) is 0. The number of fused-ring (bicyclic) bond motifs is 4. The molecule has 8 heteroatoms. The molecule has 0 N–H and O–H groups in total. The topological polar surface area (TPSA) is 116 Å². The number of aromatic nitrogens is 3. The van der Waals surface area contributed by atoms with Crippen LogP contribution in [0.25, 0.3) is 72.0 Å². The first-order valence-corrected chi connectivity index (χ1v) is 18.6. The van der Waals surface area contributed by atoms with Gasteiger partial charge in [0.1, 0.15) is 12.1 Å². The summed E-state index contributed by atoms with van der Waals surface area (Å²) in [6.07, 6.45) is 6.49. The SMILES string of the molecule is N#Cc1cncc(-c2ccc3c4ccc(-c5cncc(C#N)c5)cc4n(-c4cccc5c4C(=O)N(c4c(-c6ccccc6)cccc4-c4ccccc4)C5=O)c3c2)c1. The standard InChI is InChI=1S/C50H28N6O2/c51-25-31-21-37(29-53-27-31)35-17-19-41-42-20-18-36(38-22-32(26-52)28-54-30-38)24-46(42)55(45(41)23-35)44-16-8-15-43-47(44)50(58)56(49(43)57)48-39(33-9-3-1-4-10-33)13-7-14-40(48)34-11-5-2-6-12-34/h1-24,27-30H. The fraction of sp³-hybridized carbons (Fsp3) is 0. The smallest absolute Gasteiger partial charge is 0.268 e. The number of imide groups is 1. The lowest BCUT2D eigenvalue weighted by Gasteiger charge is -2.23. The molecular formula is C50H28N6O2. The first kappa shape index (κ1) is 34.1. The second-order valence-corrected chi connectivity index (χ2v) is 14.0. The quantitative estimate of drug-likeness (QED) is 0.157. The van der Waals surface area contributed by atoms with E-state index in [4.69, 9.17) is 0 Å². The van der Waals surface area contributed by atoms with E-state index in [1.54, 1.807) is 30.6 Å². The number of hydrogen-bond acceptors (Lipinski definition) is 6. The number of hydrogen-bond donors (Lipinski definition) is 0. The zero-order valence-corrected chi connectivity index (χ0v) is 30.7. The Balaban J connectivity index is 1.23. The molecule has 0 atom stereocenters. The number of pyridine rings is 2. The van der Waals surface area contributed by atoms with E-state index in [2.05, 4.69) is 22.1 Å². The van der Waals surface area contributed by atoms with Crippen LogP contribution in [0.5, 0.6) is 0 Å². The van der Waals surface area contributed by atoms with Crippen molar-refractivity contribution in [3.63, 3.8) is 0 Å². The minimum absolute atomic E-state index is 0.283. The zero-order valence-electron chi connectivity index (χ0n) is 30.7. The van der Waals surface area contributed by atoms with E-state index in [-0.39, 0.29) is 5.56 Å². The van der Waals surface area contributed by atoms with Crippen molar-refractivity contribution in [2.45, 2.75) is 0 Å². The highest BCUT2D eigenvalue weighted by molar-refractivity contribution is 6.37. The molecule has 0 spiro atoms. The van der Waals surface area contributed by atoms with Crippen molar-refractivity contribution < 1.29 is 9.59 Å². The number of amides is 2. The molecule has 0 aliphatic carbocycles. The molecule has 0 fully saturated rings. The molecule has 2 amide bonds. The van der Waals surface area contributed by atoms with Gasteiger partial charge in [0.15, 0.2) is 0 Å². The first-order valence-electron chi connectivity index (χ1n) is 18.6. The Bertz CT molecular complexity index is 3080. The van der Waals surface area contributed by atoms with E-state index in [0.29, 0.717) is 28.1 Å². The molecule has 1 aliphatic rings. The van der Waals surface area contributed by atoms with Crippen LogP contribution in [0.3, 0.4) is 0 Å². The third kappa shape index (κ3) is 5.44. The van der Waals surface area contributed by atoms with Crippen LogP contribution in [0, 0.1) is 22.7 Å². The van der Waals surface area contributed by atoms with E-state index >= 15 is 4.79 Å². The summed E-state index contributed by atoms with van der Waals surface area (Å²) in [6, 6.07) is 50.9. The van der Waals surface area contributed by atoms with E-state index < -0.39 is 11.8 Å². The molecule has 3 aromatic heterocycles. The van der Waals surface area contributed by atoms with E-state index in [1.807, 2.05) is 132 Å². The molecule has 9 aromatic rings. The molecule has 10 rings (SSSR count). The molecule has 0 bridgehead atoms. The third-order valence-corrected chi connectivity index (χ3v) is 10.7. The van der Waals surface area contributed by atoms with Gasteiger partial charge in [0.25, 0.3) is 11.8 Å². The number of anilines is 1. The Morgan fingerprint density at radius 2 is 0.948 bits per heavy atom. The van der Waals surface area contributed by atoms with Crippen LogP contribution in [0.1, 0.15) is 31.8 Å². The summed E-state index contributed by atoms with van der Waals surface area (Å²) in [5, 5.41) is 21.1. The van der Waals surface area contributed by atoms with Gasteiger partial charge in [-0.05, 0) is 58.7 Å². The maximum atomic E-state index is 15.3. The van der Waals surface area contributed by atoms with Crippen molar-refractivity contribution in [3.8, 4) is 62.3 Å². The van der Waals surface area contributed by atoms with Crippen LogP contribution in [-0.4, -0.2) is 26.3 Å². The number of rotatable bonds is 6. The third-order valence-electron chi connectivity index (χ3n) is 10.7. The minimum Gasteiger partial charge on any atom is -0.308 e. The average Bonchev–Trinajstić information content (AvgIpc) is 3.75. The number of nitrogens with zero attached hydrogens (tertiary/aromatic N) is 6. The van der Waals surface area contributed by atoms with Gasteiger partial charge >= 0.3 is 0 Å². The van der Waals surface area contributed by atoms with Gasteiger partial charge < -0.3 is 4.57 Å². The normalized spacial score (nSPS) is 12.1. The molecule has 4 heterocycles. The largest absolute Gasteiger partial charge is 0.308 e. The fourth-order valence-electron chi connectivity index (χ4n) is 8.10. The van der Waals surface area contributed by atoms with Gasteiger partial charge in [-0.2, -0.15) is 10.5 Å². The van der Waals surface area contributed by atoms with Gasteiger partial charge in [0.05, 0.1) is 44.7 Å². The lowest BCUT2D eigenvalue weighted by Crippen LogP contribution is -2.30. The second-order valence-electron chi connectivity index (χ2n) is 14.0. The number of carbonyl (C=O) groups excluding carboxylic acids is 2. The maximum absolute atomic E-state index is 15.3. The Labute approximate surface area is 332 Å². The van der Waals surface area contributed by atoms with Gasteiger partial charge in [-0.15, -0.1) is 0 Å². The van der Waals surface area contributed by atoms with Crippen molar-refractivity contribution in [1.82, 2.24) is 14.5 Å². The number of carbonyl (C=O) groups is 2. The molecule has 0 saturated carbocycles. The predicted molar refractivity (Wildman–Crippen MR) is 225 cm³/mol. The predicted octanol–water partition coefficient (Wildman–Crippen LogP) is 10.8. The van der Waals surface area contributed by atoms with Crippen molar-refractivity contribution in [2.75, 3.05) is 4.90 Å². The summed E-state index contributed by atoms with van der Waals surface area (Å²) in [6.45, 7) is 0. The lowest BCUT2D eigenvalue weighted by atomic mass is 9.95. The monoisotopic (exact) mass is 744 g/mol. The summed E-state index contributed by atoms with van der Waals surface area (Å²) in [5.74, 6) is -0.848. The Hall–Kier alpha value is -8.46. The van der Waals surface area contributed by atoms with Crippen molar-refractivity contribution in [1.29, 1.82) is 10.5 Å². The highest BCUT2D eigenvalue weighted by Gasteiger charge is 2.41. The van der Waals surface area contributed by atoms with Crippen molar-refractivity contribution in [2.24, 2.45) is 0 Å². The highest BCUT2D eigenvalue weighted by atomic mass is 16.2. The summed E-state index contributed by atoms with van der Waals surface area (Å²) >= 11 is 0. The summed E-state index contributed by atoms with van der Waals surface area (Å²) in [5.41, 5.74) is 10.5. The van der Waals surface area contributed by atoms with Crippen LogP contribution in [0.2, 0.25) is 0 Å². The molecule has 0 radical (unpaired) electrons. The van der Waals surface area contributed by atoms with Crippen LogP contribution in [0.15, 0.2) is 170 Å². The van der Waals surface area contributed by atoms with Crippen LogP contribution in [-0.2, 0) is 0 Å². The summed E-state index contributed by atoms with van der Waals surface area (Å²) < 4.78 is 2.04. The Kier molecular flexibility index (Phi) is 8.04. The molecule has 1 aliphatic heterocycles. The molecule has 6 aromatic carbocycles. The molecule has 8 nitrogen and oxygen atoms in total. The van der Waals surface area contributed by atoms with Crippen molar-refractivity contribution in [3.05, 3.63) is 193 Å². The number of nitriles is 2. The minimum atomic E-state index is -0.435. The van der Waals surface area contributed by atoms with Gasteiger partial charge in [0, 0.05) is 57.8 Å². The van der Waals surface area contributed by atoms with Crippen LogP contribution >= 0.6 is 0 Å². The highest BCUT2D eigenvalue weighted by Crippen LogP contribution is 2.45. The van der Waals surface area contributed by atoms with Gasteiger partial charge in [-0.25, -0.2) is 4.90 Å². The van der Waals surface area contributed by atoms with Gasteiger partial charge in [0.2, 0.25) is 0 Å². The first-order chi connectivity index (χ1) is 28.5. The van der Waals surface area contributed by atoms with Crippen LogP contribution in [0.4, 0.5) is 5.69 Å². The molecular weight excluding hydrogens is 717 g/mol. The van der Waals surface area contributed by atoms with E-state index in [1.165, 1.54) is 17.3 Å². The molecule has 0 saturated heterocycles. The van der Waals surface area contributed by atoms with Gasteiger partial charge in [-0.3, -0.25) is 19.6 Å². The number of para-hydroxylation sites is 1. The zero-order chi connectivity index (χ0) is 39.3. The van der Waals surface area contributed by atoms with E-state index in [0.717, 1.165) is 66.3 Å². The second kappa shape index (κ2) is 13.7. The Morgan fingerprint density at radius 1 is 0.448 bits per heavy atom. The fourth-order valence-corrected chi connectivity index (χ4v) is 8.10.